The first-order valence-corrected chi connectivity index (χ1v) is 7.77. The monoisotopic (exact) mass is 309 g/mol. The number of esters is 1. The Morgan fingerprint density at radius 1 is 1.05 bits per heavy atom. The molecule has 0 saturated carbocycles. The number of carbonyl (C=O) groups is 1. The topological polar surface area (TPSA) is 39.2 Å². The molecule has 2 aromatic carbocycles. The minimum atomic E-state index is -0.422. The third-order valence-corrected chi connectivity index (χ3v) is 4.18. The quantitative estimate of drug-likeness (QED) is 0.522. The van der Waals surface area contributed by atoms with Crippen LogP contribution < -0.4 is 4.74 Å². The van der Waals surface area contributed by atoms with E-state index in [1.807, 2.05) is 62.4 Å². The summed E-state index contributed by atoms with van der Waals surface area (Å²) in [7, 11) is 0. The molecule has 0 spiro atoms. The van der Waals surface area contributed by atoms with E-state index in [0.29, 0.717) is 11.4 Å². The Morgan fingerprint density at radius 2 is 1.82 bits per heavy atom. The summed E-state index contributed by atoms with van der Waals surface area (Å²) in [5, 5.41) is 0.843. The zero-order chi connectivity index (χ0) is 15.5. The Bertz CT molecular complexity index is 809. The number of hydrogen-bond acceptors (Lipinski definition) is 4. The summed E-state index contributed by atoms with van der Waals surface area (Å²) < 4.78 is 5.46. The minimum absolute atomic E-state index is 0.371. The van der Waals surface area contributed by atoms with Crippen LogP contribution in [0.2, 0.25) is 0 Å². The lowest BCUT2D eigenvalue weighted by Crippen LogP contribution is -2.10. The summed E-state index contributed by atoms with van der Waals surface area (Å²) in [6.45, 7) is 3.85. The van der Waals surface area contributed by atoms with Gasteiger partial charge in [-0.15, -0.1) is 11.3 Å². The predicted molar refractivity (Wildman–Crippen MR) is 88.4 cm³/mol. The smallest absolute Gasteiger partial charge is 0.363 e. The van der Waals surface area contributed by atoms with Gasteiger partial charge in [0, 0.05) is 0 Å². The fourth-order valence-corrected chi connectivity index (χ4v) is 3.10. The Balaban J connectivity index is 1.93. The molecule has 3 nitrogen and oxygen atoms in total. The van der Waals surface area contributed by atoms with Gasteiger partial charge in [-0.1, -0.05) is 42.5 Å². The van der Waals surface area contributed by atoms with Crippen molar-refractivity contribution >= 4 is 17.3 Å². The average Bonchev–Trinajstić information content (AvgIpc) is 2.90. The molecule has 4 heteroatoms. The molecule has 0 aliphatic heterocycles. The number of benzene rings is 2. The fraction of sp³-hybridized carbons (Fsp3) is 0.111. The van der Waals surface area contributed by atoms with Crippen molar-refractivity contribution in [2.45, 2.75) is 13.8 Å². The van der Waals surface area contributed by atoms with Gasteiger partial charge in [-0.2, -0.15) is 0 Å². The highest BCUT2D eigenvalue weighted by molar-refractivity contribution is 7.15. The van der Waals surface area contributed by atoms with Gasteiger partial charge in [-0.3, -0.25) is 0 Å². The van der Waals surface area contributed by atoms with Crippen molar-refractivity contribution in [1.82, 2.24) is 4.98 Å². The van der Waals surface area contributed by atoms with Crippen LogP contribution in [0.3, 0.4) is 0 Å². The molecule has 1 aromatic heterocycles. The maximum absolute atomic E-state index is 12.5. The third-order valence-electron chi connectivity index (χ3n) is 3.16. The van der Waals surface area contributed by atoms with Crippen molar-refractivity contribution in [2.24, 2.45) is 0 Å². The number of aryl methyl sites for hydroxylation is 2. The lowest BCUT2D eigenvalue weighted by atomic mass is 10.1. The molecule has 3 aromatic rings. The van der Waals surface area contributed by atoms with Gasteiger partial charge >= 0.3 is 5.97 Å². The fourth-order valence-electron chi connectivity index (χ4n) is 2.18. The summed E-state index contributed by atoms with van der Waals surface area (Å²) in [5.74, 6) is 0.114. The van der Waals surface area contributed by atoms with Crippen LogP contribution in [-0.4, -0.2) is 11.0 Å². The van der Waals surface area contributed by atoms with Crippen LogP contribution in [0, 0.1) is 13.8 Å². The largest absolute Gasteiger partial charge is 0.422 e. The maximum atomic E-state index is 12.5. The Morgan fingerprint density at radius 3 is 2.55 bits per heavy atom. The van der Waals surface area contributed by atoms with Crippen LogP contribution >= 0.6 is 11.3 Å². The van der Waals surface area contributed by atoms with Crippen LogP contribution in [0.4, 0.5) is 0 Å². The predicted octanol–water partition coefficient (Wildman–Crippen LogP) is 4.65. The highest BCUT2D eigenvalue weighted by atomic mass is 32.1. The summed E-state index contributed by atoms with van der Waals surface area (Å²) in [6, 6.07) is 17.2. The molecular formula is C18H15NO2S. The van der Waals surface area contributed by atoms with Gasteiger partial charge in [0.1, 0.15) is 5.75 Å². The van der Waals surface area contributed by atoms with Crippen molar-refractivity contribution in [2.75, 3.05) is 0 Å². The highest BCUT2D eigenvalue weighted by Crippen LogP contribution is 2.30. The summed E-state index contributed by atoms with van der Waals surface area (Å²) in [5.41, 5.74) is 2.39. The lowest BCUT2D eigenvalue weighted by molar-refractivity contribution is 0.0730. The first kappa shape index (κ1) is 14.5. The third kappa shape index (κ3) is 3.07. The van der Waals surface area contributed by atoms with E-state index >= 15 is 0 Å². The number of carbonyl (C=O) groups excluding carboxylic acids is 1. The van der Waals surface area contributed by atoms with Gasteiger partial charge in [-0.05, 0) is 37.1 Å². The van der Waals surface area contributed by atoms with Gasteiger partial charge in [-0.25, -0.2) is 9.78 Å². The Hall–Kier alpha value is -2.46. The molecule has 3 rings (SSSR count). The average molecular weight is 309 g/mol. The molecule has 0 saturated heterocycles. The molecule has 0 fully saturated rings. The highest BCUT2D eigenvalue weighted by Gasteiger charge is 2.20. The van der Waals surface area contributed by atoms with Crippen LogP contribution in [0.15, 0.2) is 54.6 Å². The van der Waals surface area contributed by atoms with E-state index in [1.165, 1.54) is 11.3 Å². The summed E-state index contributed by atoms with van der Waals surface area (Å²) >= 11 is 1.50. The van der Waals surface area contributed by atoms with E-state index in [1.54, 1.807) is 6.07 Å². The Kier molecular flexibility index (Phi) is 4.02. The van der Waals surface area contributed by atoms with Crippen molar-refractivity contribution in [1.29, 1.82) is 0 Å². The number of thiazole rings is 1. The number of nitrogens with zero attached hydrogens (tertiary/aromatic N) is 1. The molecule has 0 unspecified atom stereocenters. The van der Waals surface area contributed by atoms with Gasteiger partial charge < -0.3 is 4.74 Å². The van der Waals surface area contributed by atoms with E-state index in [9.17, 15) is 4.79 Å². The molecule has 1 heterocycles. The molecule has 0 aliphatic rings. The number of aromatic nitrogens is 1. The molecule has 0 N–H and O–H groups in total. The van der Waals surface area contributed by atoms with Gasteiger partial charge in [0.25, 0.3) is 0 Å². The Labute approximate surface area is 133 Å². The first-order chi connectivity index (χ1) is 10.6. The van der Waals surface area contributed by atoms with E-state index in [2.05, 4.69) is 4.98 Å². The first-order valence-electron chi connectivity index (χ1n) is 6.95. The molecule has 0 bridgehead atoms. The number of ether oxygens (including phenoxy) is 1. The second-order valence-electron chi connectivity index (χ2n) is 4.98. The van der Waals surface area contributed by atoms with E-state index in [-0.39, 0.29) is 0 Å². The zero-order valence-corrected chi connectivity index (χ0v) is 13.2. The van der Waals surface area contributed by atoms with Gasteiger partial charge in [0.15, 0.2) is 5.69 Å². The van der Waals surface area contributed by atoms with Crippen molar-refractivity contribution in [3.05, 3.63) is 70.9 Å². The van der Waals surface area contributed by atoms with Crippen molar-refractivity contribution in [3.63, 3.8) is 0 Å². The molecule has 0 atom stereocenters. The SMILES string of the molecule is Cc1cccc(OC(=O)c2nc(C)sc2-c2ccccc2)c1. The van der Waals surface area contributed by atoms with E-state index < -0.39 is 5.97 Å². The molecule has 22 heavy (non-hydrogen) atoms. The van der Waals surface area contributed by atoms with Crippen LogP contribution in [0.5, 0.6) is 5.75 Å². The van der Waals surface area contributed by atoms with Crippen molar-refractivity contribution < 1.29 is 9.53 Å². The molecule has 0 aliphatic carbocycles. The lowest BCUT2D eigenvalue weighted by Gasteiger charge is -2.05. The standard InChI is InChI=1S/C18H15NO2S/c1-12-7-6-10-15(11-12)21-18(20)16-17(22-13(2)19-16)14-8-4-3-5-9-14/h3-11H,1-2H3. The zero-order valence-electron chi connectivity index (χ0n) is 12.4. The summed E-state index contributed by atoms with van der Waals surface area (Å²) in [6.07, 6.45) is 0. The molecule has 110 valence electrons. The minimum Gasteiger partial charge on any atom is -0.422 e. The molecule has 0 radical (unpaired) electrons. The van der Waals surface area contributed by atoms with Crippen LogP contribution in [0.25, 0.3) is 10.4 Å². The molecular weight excluding hydrogens is 294 g/mol. The van der Waals surface area contributed by atoms with Crippen molar-refractivity contribution in [3.8, 4) is 16.2 Å². The number of rotatable bonds is 3. The second kappa shape index (κ2) is 6.12. The van der Waals surface area contributed by atoms with E-state index in [0.717, 1.165) is 21.0 Å². The van der Waals surface area contributed by atoms with E-state index in [4.69, 9.17) is 4.74 Å². The van der Waals surface area contributed by atoms with Gasteiger partial charge in [0.05, 0.1) is 9.88 Å². The van der Waals surface area contributed by atoms with Crippen LogP contribution in [-0.2, 0) is 0 Å². The van der Waals surface area contributed by atoms with Crippen LogP contribution in [0.1, 0.15) is 21.1 Å². The molecule has 0 amide bonds. The normalized spacial score (nSPS) is 10.5. The second-order valence-corrected chi connectivity index (χ2v) is 6.19. The maximum Gasteiger partial charge on any atom is 0.363 e. The summed E-state index contributed by atoms with van der Waals surface area (Å²) in [4.78, 5) is 17.6. The van der Waals surface area contributed by atoms with Gasteiger partial charge in [0.2, 0.25) is 0 Å². The number of hydrogen-bond donors (Lipinski definition) is 0.